The molecule has 3 nitrogen and oxygen atoms in total. The maximum Gasteiger partial charge on any atom is 0.0492 e. The van der Waals surface area contributed by atoms with Gasteiger partial charge < -0.3 is 5.32 Å². The van der Waals surface area contributed by atoms with Gasteiger partial charge in [0.05, 0.1) is 0 Å². The van der Waals surface area contributed by atoms with Crippen LogP contribution in [-0.4, -0.2) is 16.3 Å². The first-order valence-corrected chi connectivity index (χ1v) is 5.95. The lowest BCUT2D eigenvalue weighted by atomic mass is 10.1. The molecule has 0 aliphatic heterocycles. The summed E-state index contributed by atoms with van der Waals surface area (Å²) in [5.41, 5.74) is 5.11. The number of anilines is 1. The minimum absolute atomic E-state index is 0.933. The molecule has 0 amide bonds. The number of hydrogen-bond acceptors (Lipinski definition) is 2. The van der Waals surface area contributed by atoms with E-state index < -0.39 is 0 Å². The van der Waals surface area contributed by atoms with Gasteiger partial charge in [-0.15, -0.1) is 0 Å². The van der Waals surface area contributed by atoms with E-state index in [1.807, 2.05) is 17.9 Å². The summed E-state index contributed by atoms with van der Waals surface area (Å²) in [4.78, 5) is 0. The Balaban J connectivity index is 1.90. The van der Waals surface area contributed by atoms with Crippen molar-refractivity contribution in [2.45, 2.75) is 20.3 Å². The fourth-order valence-electron chi connectivity index (χ4n) is 1.83. The van der Waals surface area contributed by atoms with E-state index in [-0.39, 0.29) is 0 Å². The van der Waals surface area contributed by atoms with Gasteiger partial charge in [0.1, 0.15) is 0 Å². The van der Waals surface area contributed by atoms with Gasteiger partial charge in [-0.05, 0) is 43.2 Å². The Morgan fingerprint density at radius 2 is 2.00 bits per heavy atom. The largest absolute Gasteiger partial charge is 0.385 e. The van der Waals surface area contributed by atoms with Crippen LogP contribution in [-0.2, 0) is 13.5 Å². The van der Waals surface area contributed by atoms with Gasteiger partial charge in [0, 0.05) is 37.6 Å². The van der Waals surface area contributed by atoms with E-state index in [0.717, 1.165) is 13.0 Å². The van der Waals surface area contributed by atoms with Gasteiger partial charge in [0.25, 0.3) is 0 Å². The average Bonchev–Trinajstić information content (AvgIpc) is 2.70. The zero-order valence-corrected chi connectivity index (χ0v) is 10.7. The van der Waals surface area contributed by atoms with Crippen LogP contribution in [0.25, 0.3) is 0 Å². The van der Waals surface area contributed by atoms with Gasteiger partial charge >= 0.3 is 0 Å². The van der Waals surface area contributed by atoms with Crippen LogP contribution in [0, 0.1) is 13.8 Å². The van der Waals surface area contributed by atoms with Crippen LogP contribution in [0.2, 0.25) is 0 Å². The van der Waals surface area contributed by atoms with Gasteiger partial charge in [-0.1, -0.05) is 6.07 Å². The van der Waals surface area contributed by atoms with Gasteiger partial charge in [0.2, 0.25) is 0 Å². The molecule has 0 fully saturated rings. The van der Waals surface area contributed by atoms with Crippen molar-refractivity contribution in [3.05, 3.63) is 47.3 Å². The molecule has 90 valence electrons. The number of hydrogen-bond donors (Lipinski definition) is 1. The van der Waals surface area contributed by atoms with Crippen LogP contribution in [0.5, 0.6) is 0 Å². The average molecular weight is 229 g/mol. The molecule has 2 rings (SSSR count). The van der Waals surface area contributed by atoms with Crippen molar-refractivity contribution >= 4 is 5.69 Å². The summed E-state index contributed by atoms with van der Waals surface area (Å²) in [6, 6.07) is 8.54. The Hall–Kier alpha value is -1.77. The van der Waals surface area contributed by atoms with Crippen LogP contribution in [0.1, 0.15) is 16.8 Å². The quantitative estimate of drug-likeness (QED) is 0.873. The zero-order valence-electron chi connectivity index (χ0n) is 10.7. The summed E-state index contributed by atoms with van der Waals surface area (Å²) < 4.78 is 1.92. The first-order valence-electron chi connectivity index (χ1n) is 5.95. The summed E-state index contributed by atoms with van der Waals surface area (Å²) in [6.07, 6.45) is 2.83. The van der Waals surface area contributed by atoms with Gasteiger partial charge in [-0.25, -0.2) is 0 Å². The lowest BCUT2D eigenvalue weighted by Gasteiger charge is -2.08. The Morgan fingerprint density at radius 1 is 1.18 bits per heavy atom. The van der Waals surface area contributed by atoms with E-state index in [1.54, 1.807) is 0 Å². The Kier molecular flexibility index (Phi) is 3.47. The van der Waals surface area contributed by atoms with Crippen molar-refractivity contribution in [2.75, 3.05) is 11.9 Å². The second-order valence-corrected chi connectivity index (χ2v) is 4.42. The molecule has 0 atom stereocenters. The fourth-order valence-corrected chi connectivity index (χ4v) is 1.83. The predicted molar refractivity (Wildman–Crippen MR) is 71.3 cm³/mol. The van der Waals surface area contributed by atoms with Gasteiger partial charge in [0.15, 0.2) is 0 Å². The van der Waals surface area contributed by atoms with Gasteiger partial charge in [-0.2, -0.15) is 5.10 Å². The third kappa shape index (κ3) is 2.87. The van der Waals surface area contributed by atoms with Crippen LogP contribution in [0.4, 0.5) is 5.69 Å². The summed E-state index contributed by atoms with van der Waals surface area (Å²) in [5, 5.41) is 7.59. The number of nitrogens with one attached hydrogen (secondary N) is 1. The molecule has 3 heteroatoms. The molecular weight excluding hydrogens is 210 g/mol. The monoisotopic (exact) mass is 229 g/mol. The standard InChI is InChI=1S/C14H19N3/c1-11-4-5-13(10-12(11)2)15-8-6-14-7-9-16-17(14)3/h4-5,7,9-10,15H,6,8H2,1-3H3. The molecule has 0 radical (unpaired) electrons. The molecule has 2 aromatic rings. The maximum absolute atomic E-state index is 4.16. The van der Waals surface area contributed by atoms with E-state index in [1.165, 1.54) is 22.5 Å². The lowest BCUT2D eigenvalue weighted by Crippen LogP contribution is -2.08. The second-order valence-electron chi connectivity index (χ2n) is 4.42. The molecular formula is C14H19N3. The lowest BCUT2D eigenvalue weighted by molar-refractivity contribution is 0.711. The molecule has 17 heavy (non-hydrogen) atoms. The van der Waals surface area contributed by atoms with Crippen molar-refractivity contribution in [1.29, 1.82) is 0 Å². The van der Waals surface area contributed by atoms with E-state index in [9.17, 15) is 0 Å². The number of aromatic nitrogens is 2. The highest BCUT2D eigenvalue weighted by Crippen LogP contribution is 2.14. The smallest absolute Gasteiger partial charge is 0.0492 e. The third-order valence-electron chi connectivity index (χ3n) is 3.14. The molecule has 1 heterocycles. The first kappa shape index (κ1) is 11.7. The summed E-state index contributed by atoms with van der Waals surface area (Å²) in [5.74, 6) is 0. The molecule has 1 N–H and O–H groups in total. The second kappa shape index (κ2) is 5.04. The van der Waals surface area contributed by atoms with E-state index in [4.69, 9.17) is 0 Å². The summed E-state index contributed by atoms with van der Waals surface area (Å²) >= 11 is 0. The van der Waals surface area contributed by atoms with Crippen molar-refractivity contribution < 1.29 is 0 Å². The molecule has 0 spiro atoms. The Bertz CT molecular complexity index is 500. The van der Waals surface area contributed by atoms with Crippen LogP contribution < -0.4 is 5.32 Å². The Morgan fingerprint density at radius 3 is 2.65 bits per heavy atom. The normalized spacial score (nSPS) is 10.5. The number of rotatable bonds is 4. The molecule has 0 aliphatic carbocycles. The van der Waals surface area contributed by atoms with E-state index in [0.29, 0.717) is 0 Å². The van der Waals surface area contributed by atoms with E-state index in [2.05, 4.69) is 48.5 Å². The molecule has 0 aliphatic rings. The highest BCUT2D eigenvalue weighted by Gasteiger charge is 1.99. The van der Waals surface area contributed by atoms with E-state index >= 15 is 0 Å². The van der Waals surface area contributed by atoms with Crippen molar-refractivity contribution in [3.8, 4) is 0 Å². The Labute approximate surface area is 102 Å². The first-order chi connectivity index (χ1) is 8.16. The minimum Gasteiger partial charge on any atom is -0.385 e. The fraction of sp³-hybridized carbons (Fsp3) is 0.357. The molecule has 0 saturated carbocycles. The van der Waals surface area contributed by atoms with Crippen LogP contribution in [0.15, 0.2) is 30.5 Å². The topological polar surface area (TPSA) is 29.9 Å². The van der Waals surface area contributed by atoms with Gasteiger partial charge in [-0.3, -0.25) is 4.68 Å². The molecule has 0 saturated heterocycles. The number of benzene rings is 1. The summed E-state index contributed by atoms with van der Waals surface area (Å²) in [6.45, 7) is 5.21. The predicted octanol–water partition coefficient (Wildman–Crippen LogP) is 2.69. The van der Waals surface area contributed by atoms with Crippen LogP contribution >= 0.6 is 0 Å². The minimum atomic E-state index is 0.933. The van der Waals surface area contributed by atoms with Crippen molar-refractivity contribution in [1.82, 2.24) is 9.78 Å². The summed E-state index contributed by atoms with van der Waals surface area (Å²) in [7, 11) is 1.98. The number of nitrogens with zero attached hydrogens (tertiary/aromatic N) is 2. The van der Waals surface area contributed by atoms with Crippen LogP contribution in [0.3, 0.4) is 0 Å². The molecule has 0 unspecified atom stereocenters. The molecule has 0 bridgehead atoms. The van der Waals surface area contributed by atoms with Crippen molar-refractivity contribution in [2.24, 2.45) is 7.05 Å². The zero-order chi connectivity index (χ0) is 12.3. The molecule has 1 aromatic carbocycles. The molecule has 1 aromatic heterocycles. The number of aryl methyl sites for hydroxylation is 3. The SMILES string of the molecule is Cc1ccc(NCCc2ccnn2C)cc1C. The highest BCUT2D eigenvalue weighted by atomic mass is 15.3. The highest BCUT2D eigenvalue weighted by molar-refractivity contribution is 5.48. The third-order valence-corrected chi connectivity index (χ3v) is 3.14. The maximum atomic E-state index is 4.16. The van der Waals surface area contributed by atoms with Crippen molar-refractivity contribution in [3.63, 3.8) is 0 Å².